The van der Waals surface area contributed by atoms with Gasteiger partial charge in [0.15, 0.2) is 17.1 Å². The number of ether oxygens (including phenoxy) is 2. The Hall–Kier alpha value is -3.62. The third-order valence-corrected chi connectivity index (χ3v) is 4.90. The molecule has 5 rings (SSSR count). The summed E-state index contributed by atoms with van der Waals surface area (Å²) in [7, 11) is 1.89. The number of halogens is 1. The van der Waals surface area contributed by atoms with E-state index >= 15 is 0 Å². The van der Waals surface area contributed by atoms with Crippen LogP contribution in [-0.4, -0.2) is 30.9 Å². The van der Waals surface area contributed by atoms with Gasteiger partial charge in [0.25, 0.3) is 0 Å². The van der Waals surface area contributed by atoms with Crippen LogP contribution in [0.25, 0.3) is 16.9 Å². The van der Waals surface area contributed by atoms with E-state index in [1.807, 2.05) is 42.2 Å². The van der Waals surface area contributed by atoms with Crippen molar-refractivity contribution in [2.45, 2.75) is 20.4 Å². The summed E-state index contributed by atoms with van der Waals surface area (Å²) in [5, 5.41) is 7.61. The monoisotopic (exact) mass is 394 g/mol. The minimum Gasteiger partial charge on any atom is -0.454 e. The number of anilines is 1. The molecule has 0 amide bonds. The molecule has 0 radical (unpaired) electrons. The summed E-state index contributed by atoms with van der Waals surface area (Å²) in [6.07, 6.45) is 3.65. The standard InChI is InChI=1S/C20H19FN6O2/c1-11-6-16(26(3)25-11)14-8-23-20(27-9-12(2)24-19(14)27)22-7-13-15(21)4-5-17-18(13)29-10-28-17/h4-6,8-9H,7,10H2,1-3H3,(H,22,23). The highest BCUT2D eigenvalue weighted by Gasteiger charge is 2.22. The summed E-state index contributed by atoms with van der Waals surface area (Å²) in [6, 6.07) is 4.94. The Morgan fingerprint density at radius 1 is 1.21 bits per heavy atom. The Labute approximate surface area is 165 Å². The Kier molecular flexibility index (Phi) is 3.90. The summed E-state index contributed by atoms with van der Waals surface area (Å²) < 4.78 is 28.8. The molecule has 1 aliphatic heterocycles. The van der Waals surface area contributed by atoms with Crippen LogP contribution in [0.2, 0.25) is 0 Å². The van der Waals surface area contributed by atoms with Crippen LogP contribution in [0.15, 0.2) is 30.6 Å². The minimum atomic E-state index is -0.359. The van der Waals surface area contributed by atoms with Gasteiger partial charge in [0, 0.05) is 26.0 Å². The summed E-state index contributed by atoms with van der Waals surface area (Å²) in [4.78, 5) is 9.22. The first-order chi connectivity index (χ1) is 14.0. The Bertz CT molecular complexity index is 1250. The first-order valence-corrected chi connectivity index (χ1v) is 9.18. The van der Waals surface area contributed by atoms with Crippen LogP contribution in [0.4, 0.5) is 10.3 Å². The summed E-state index contributed by atoms with van der Waals surface area (Å²) >= 11 is 0. The van der Waals surface area contributed by atoms with E-state index in [9.17, 15) is 4.39 Å². The van der Waals surface area contributed by atoms with Gasteiger partial charge in [-0.3, -0.25) is 9.08 Å². The number of nitrogens with zero attached hydrogens (tertiary/aromatic N) is 5. The van der Waals surface area contributed by atoms with E-state index < -0.39 is 0 Å². The lowest BCUT2D eigenvalue weighted by Crippen LogP contribution is -2.09. The normalized spacial score (nSPS) is 12.7. The van der Waals surface area contributed by atoms with Crippen molar-refractivity contribution in [2.75, 3.05) is 12.1 Å². The lowest BCUT2D eigenvalue weighted by atomic mass is 10.1. The molecule has 0 fully saturated rings. The van der Waals surface area contributed by atoms with Crippen LogP contribution >= 0.6 is 0 Å². The molecule has 29 heavy (non-hydrogen) atoms. The molecule has 4 heterocycles. The Morgan fingerprint density at radius 2 is 2.07 bits per heavy atom. The second-order valence-electron chi connectivity index (χ2n) is 6.98. The van der Waals surface area contributed by atoms with Crippen LogP contribution in [0, 0.1) is 19.7 Å². The largest absolute Gasteiger partial charge is 0.454 e. The molecular weight excluding hydrogens is 375 g/mol. The zero-order valence-corrected chi connectivity index (χ0v) is 16.2. The molecule has 1 aromatic carbocycles. The number of nitrogens with one attached hydrogen (secondary N) is 1. The van der Waals surface area contributed by atoms with Gasteiger partial charge in [-0.15, -0.1) is 0 Å². The molecule has 3 aromatic heterocycles. The zero-order valence-electron chi connectivity index (χ0n) is 16.2. The van der Waals surface area contributed by atoms with Crippen LogP contribution < -0.4 is 14.8 Å². The van der Waals surface area contributed by atoms with Crippen LogP contribution in [0.1, 0.15) is 17.0 Å². The molecule has 4 aromatic rings. The molecule has 8 nitrogen and oxygen atoms in total. The highest BCUT2D eigenvalue weighted by molar-refractivity contribution is 5.76. The highest BCUT2D eigenvalue weighted by atomic mass is 19.1. The van der Waals surface area contributed by atoms with Crippen molar-refractivity contribution >= 4 is 11.6 Å². The number of fused-ring (bicyclic) bond motifs is 2. The maximum Gasteiger partial charge on any atom is 0.231 e. The summed E-state index contributed by atoms with van der Waals surface area (Å²) in [6.45, 7) is 4.15. The SMILES string of the molecule is Cc1cn2c(NCc3c(F)ccc4c3OCO4)ncc(-c3cc(C)nn3C)c2n1. The van der Waals surface area contributed by atoms with Crippen LogP contribution in [0.5, 0.6) is 11.5 Å². The molecule has 1 N–H and O–H groups in total. The molecule has 1 aliphatic rings. The Balaban J connectivity index is 1.54. The first kappa shape index (κ1) is 17.5. The van der Waals surface area contributed by atoms with E-state index in [1.165, 1.54) is 6.07 Å². The molecule has 0 saturated heterocycles. The fraction of sp³-hybridized carbons (Fsp3) is 0.250. The molecule has 148 valence electrons. The van der Waals surface area contributed by atoms with Crippen molar-refractivity contribution < 1.29 is 13.9 Å². The number of hydrogen-bond acceptors (Lipinski definition) is 6. The minimum absolute atomic E-state index is 0.0911. The molecule has 0 spiro atoms. The van der Waals surface area contributed by atoms with Gasteiger partial charge in [-0.1, -0.05) is 0 Å². The fourth-order valence-electron chi connectivity index (χ4n) is 3.61. The number of benzene rings is 1. The summed E-state index contributed by atoms with van der Waals surface area (Å²) in [5.41, 5.74) is 4.72. The number of hydrogen-bond donors (Lipinski definition) is 1. The summed E-state index contributed by atoms with van der Waals surface area (Å²) in [5.74, 6) is 1.17. The number of aromatic nitrogens is 5. The van der Waals surface area contributed by atoms with Gasteiger partial charge in [0.1, 0.15) is 5.82 Å². The van der Waals surface area contributed by atoms with Crippen molar-refractivity contribution in [2.24, 2.45) is 7.05 Å². The topological polar surface area (TPSA) is 78.5 Å². The molecule has 9 heteroatoms. The predicted molar refractivity (Wildman–Crippen MR) is 105 cm³/mol. The maximum atomic E-state index is 14.4. The average Bonchev–Trinajstić information content (AvgIpc) is 3.38. The van der Waals surface area contributed by atoms with Crippen molar-refractivity contribution in [1.82, 2.24) is 24.1 Å². The third kappa shape index (κ3) is 2.86. The fourth-order valence-corrected chi connectivity index (χ4v) is 3.61. The molecule has 0 atom stereocenters. The van der Waals surface area contributed by atoms with Crippen molar-refractivity contribution in [1.29, 1.82) is 0 Å². The maximum absolute atomic E-state index is 14.4. The molecule has 0 unspecified atom stereocenters. The average molecular weight is 394 g/mol. The second-order valence-corrected chi connectivity index (χ2v) is 6.98. The number of imidazole rings is 1. The highest BCUT2D eigenvalue weighted by Crippen LogP contribution is 2.37. The van der Waals surface area contributed by atoms with Gasteiger partial charge in [-0.05, 0) is 32.0 Å². The van der Waals surface area contributed by atoms with Gasteiger partial charge in [-0.2, -0.15) is 5.10 Å². The number of aryl methyl sites for hydroxylation is 3. The van der Waals surface area contributed by atoms with Crippen molar-refractivity contribution in [3.8, 4) is 22.8 Å². The van der Waals surface area contributed by atoms with E-state index in [2.05, 4.69) is 20.4 Å². The van der Waals surface area contributed by atoms with E-state index in [1.54, 1.807) is 12.3 Å². The van der Waals surface area contributed by atoms with Crippen molar-refractivity contribution in [3.63, 3.8) is 0 Å². The van der Waals surface area contributed by atoms with Gasteiger partial charge < -0.3 is 14.8 Å². The van der Waals surface area contributed by atoms with Gasteiger partial charge in [-0.25, -0.2) is 14.4 Å². The van der Waals surface area contributed by atoms with Gasteiger partial charge >= 0.3 is 0 Å². The zero-order chi connectivity index (χ0) is 20.1. The van der Waals surface area contributed by atoms with Gasteiger partial charge in [0.2, 0.25) is 12.7 Å². The molecule has 0 bridgehead atoms. The lowest BCUT2D eigenvalue weighted by molar-refractivity contribution is 0.173. The molecule has 0 aliphatic carbocycles. The predicted octanol–water partition coefficient (Wildman–Crippen LogP) is 3.23. The van der Waals surface area contributed by atoms with Gasteiger partial charge in [0.05, 0.1) is 28.2 Å². The van der Waals surface area contributed by atoms with E-state index in [0.717, 1.165) is 28.3 Å². The Morgan fingerprint density at radius 3 is 2.86 bits per heavy atom. The lowest BCUT2D eigenvalue weighted by Gasteiger charge is -2.12. The van der Waals surface area contributed by atoms with E-state index in [4.69, 9.17) is 9.47 Å². The van der Waals surface area contributed by atoms with E-state index in [-0.39, 0.29) is 19.2 Å². The molecule has 0 saturated carbocycles. The second kappa shape index (κ2) is 6.47. The molecular formula is C20H19FN6O2. The smallest absolute Gasteiger partial charge is 0.231 e. The van der Waals surface area contributed by atoms with Crippen molar-refractivity contribution in [3.05, 3.63) is 53.4 Å². The first-order valence-electron chi connectivity index (χ1n) is 9.18. The third-order valence-electron chi connectivity index (χ3n) is 4.90. The van der Waals surface area contributed by atoms with Crippen LogP contribution in [-0.2, 0) is 13.6 Å². The van der Waals surface area contributed by atoms with Crippen LogP contribution in [0.3, 0.4) is 0 Å². The quantitative estimate of drug-likeness (QED) is 0.573. The number of rotatable bonds is 4. The van der Waals surface area contributed by atoms with E-state index in [0.29, 0.717) is 23.0 Å².